The summed E-state index contributed by atoms with van der Waals surface area (Å²) in [4.78, 5) is 0. The summed E-state index contributed by atoms with van der Waals surface area (Å²) in [5, 5.41) is 11.9. The standard InChI is InChI=1S/C14H15ClO3/c1-2-17-10-7-14(16,8-10)12-6-9-4-3-5-11(15)13(9)18-12/h3-6,10,16H,2,7-8H2,1H3. The molecule has 18 heavy (non-hydrogen) atoms. The third kappa shape index (κ3) is 1.83. The lowest BCUT2D eigenvalue weighted by atomic mass is 9.75. The van der Waals surface area contributed by atoms with Gasteiger partial charge in [-0.05, 0) is 19.1 Å². The van der Waals surface area contributed by atoms with Crippen LogP contribution in [0, 0.1) is 0 Å². The fourth-order valence-electron chi connectivity index (χ4n) is 2.51. The van der Waals surface area contributed by atoms with Gasteiger partial charge in [-0.2, -0.15) is 0 Å². The zero-order chi connectivity index (χ0) is 12.8. The van der Waals surface area contributed by atoms with E-state index in [9.17, 15) is 5.11 Å². The number of para-hydroxylation sites is 1. The zero-order valence-corrected chi connectivity index (χ0v) is 10.9. The predicted molar refractivity (Wildman–Crippen MR) is 69.8 cm³/mol. The van der Waals surface area contributed by atoms with Crippen molar-refractivity contribution in [2.45, 2.75) is 31.5 Å². The van der Waals surface area contributed by atoms with Crippen molar-refractivity contribution >= 4 is 22.6 Å². The van der Waals surface area contributed by atoms with E-state index >= 15 is 0 Å². The molecule has 1 aliphatic carbocycles. The summed E-state index contributed by atoms with van der Waals surface area (Å²) in [7, 11) is 0. The van der Waals surface area contributed by atoms with Gasteiger partial charge in [0.25, 0.3) is 0 Å². The Morgan fingerprint density at radius 2 is 2.28 bits per heavy atom. The number of rotatable bonds is 3. The fourth-order valence-corrected chi connectivity index (χ4v) is 2.73. The number of fused-ring (bicyclic) bond motifs is 1. The van der Waals surface area contributed by atoms with E-state index in [1.165, 1.54) is 0 Å². The minimum atomic E-state index is -0.901. The van der Waals surface area contributed by atoms with Gasteiger partial charge in [0.15, 0.2) is 5.58 Å². The quantitative estimate of drug-likeness (QED) is 0.925. The van der Waals surface area contributed by atoms with E-state index in [1.54, 1.807) is 6.07 Å². The van der Waals surface area contributed by atoms with Crippen molar-refractivity contribution in [2.24, 2.45) is 0 Å². The van der Waals surface area contributed by atoms with Crippen molar-refractivity contribution in [3.8, 4) is 0 Å². The van der Waals surface area contributed by atoms with Gasteiger partial charge in [0.05, 0.1) is 11.1 Å². The molecule has 0 aliphatic heterocycles. The first kappa shape index (κ1) is 12.0. The highest BCUT2D eigenvalue weighted by atomic mass is 35.5. The van der Waals surface area contributed by atoms with Crippen molar-refractivity contribution in [3.05, 3.63) is 35.0 Å². The Balaban J connectivity index is 1.89. The molecular weight excluding hydrogens is 252 g/mol. The molecule has 0 saturated heterocycles. The van der Waals surface area contributed by atoms with Crippen molar-refractivity contribution in [2.75, 3.05) is 6.61 Å². The molecule has 1 fully saturated rings. The van der Waals surface area contributed by atoms with Gasteiger partial charge in [-0.15, -0.1) is 0 Å². The van der Waals surface area contributed by atoms with Crippen molar-refractivity contribution in [1.82, 2.24) is 0 Å². The molecule has 1 aliphatic rings. The molecular formula is C14H15ClO3. The number of ether oxygens (including phenoxy) is 1. The van der Waals surface area contributed by atoms with Crippen LogP contribution in [-0.2, 0) is 10.3 Å². The molecule has 3 nitrogen and oxygen atoms in total. The van der Waals surface area contributed by atoms with E-state index in [2.05, 4.69) is 0 Å². The highest BCUT2D eigenvalue weighted by Gasteiger charge is 2.47. The molecule has 0 radical (unpaired) electrons. The predicted octanol–water partition coefficient (Wildman–Crippen LogP) is 3.47. The molecule has 1 heterocycles. The van der Waals surface area contributed by atoms with Crippen LogP contribution in [0.15, 0.2) is 28.7 Å². The van der Waals surface area contributed by atoms with Crippen LogP contribution in [0.4, 0.5) is 0 Å². The summed E-state index contributed by atoms with van der Waals surface area (Å²) < 4.78 is 11.2. The van der Waals surface area contributed by atoms with Gasteiger partial charge >= 0.3 is 0 Å². The number of halogens is 1. The van der Waals surface area contributed by atoms with Crippen LogP contribution in [0.5, 0.6) is 0 Å². The Labute approximate surface area is 110 Å². The normalized spacial score (nSPS) is 27.4. The molecule has 1 saturated carbocycles. The summed E-state index contributed by atoms with van der Waals surface area (Å²) in [6.45, 7) is 2.63. The first-order valence-corrected chi connectivity index (χ1v) is 6.53. The van der Waals surface area contributed by atoms with Gasteiger partial charge in [0.1, 0.15) is 11.4 Å². The Morgan fingerprint density at radius 1 is 1.50 bits per heavy atom. The number of aliphatic hydroxyl groups is 1. The van der Waals surface area contributed by atoms with E-state index in [-0.39, 0.29) is 6.10 Å². The molecule has 0 unspecified atom stereocenters. The van der Waals surface area contributed by atoms with Crippen LogP contribution in [0.1, 0.15) is 25.5 Å². The third-order valence-corrected chi connectivity index (χ3v) is 3.79. The van der Waals surface area contributed by atoms with Gasteiger partial charge in [-0.3, -0.25) is 0 Å². The number of benzene rings is 1. The molecule has 1 aromatic carbocycles. The monoisotopic (exact) mass is 266 g/mol. The van der Waals surface area contributed by atoms with Crippen LogP contribution >= 0.6 is 11.6 Å². The van der Waals surface area contributed by atoms with Gasteiger partial charge in [-0.25, -0.2) is 0 Å². The molecule has 0 spiro atoms. The molecule has 0 amide bonds. The smallest absolute Gasteiger partial charge is 0.153 e. The second-order valence-electron chi connectivity index (χ2n) is 4.79. The Bertz CT molecular complexity index is 569. The summed E-state index contributed by atoms with van der Waals surface area (Å²) >= 11 is 6.06. The van der Waals surface area contributed by atoms with Gasteiger partial charge in [0, 0.05) is 24.8 Å². The van der Waals surface area contributed by atoms with Gasteiger partial charge < -0.3 is 14.3 Å². The van der Waals surface area contributed by atoms with Gasteiger partial charge in [0.2, 0.25) is 0 Å². The number of hydrogen-bond acceptors (Lipinski definition) is 3. The maximum absolute atomic E-state index is 10.5. The Hall–Kier alpha value is -1.03. The molecule has 96 valence electrons. The maximum Gasteiger partial charge on any atom is 0.153 e. The summed E-state index contributed by atoms with van der Waals surface area (Å²) in [5.74, 6) is 0.585. The van der Waals surface area contributed by atoms with Gasteiger partial charge in [-0.1, -0.05) is 23.7 Å². The average molecular weight is 267 g/mol. The first-order chi connectivity index (χ1) is 8.62. The van der Waals surface area contributed by atoms with E-state index in [0.717, 1.165) is 5.39 Å². The SMILES string of the molecule is CCOC1CC(O)(c2cc3cccc(Cl)c3o2)C1. The third-order valence-electron chi connectivity index (χ3n) is 3.49. The summed E-state index contributed by atoms with van der Waals surface area (Å²) in [5.41, 5.74) is -0.259. The number of hydrogen-bond donors (Lipinski definition) is 1. The zero-order valence-electron chi connectivity index (χ0n) is 10.1. The van der Waals surface area contributed by atoms with Crippen LogP contribution < -0.4 is 0 Å². The van der Waals surface area contributed by atoms with Crippen LogP contribution in [0.2, 0.25) is 5.02 Å². The molecule has 2 aromatic rings. The summed E-state index contributed by atoms with van der Waals surface area (Å²) in [6, 6.07) is 7.45. The minimum Gasteiger partial charge on any atom is -0.456 e. The number of furan rings is 1. The van der Waals surface area contributed by atoms with Crippen molar-refractivity contribution < 1.29 is 14.3 Å². The second kappa shape index (κ2) is 4.26. The topological polar surface area (TPSA) is 42.6 Å². The molecule has 4 heteroatoms. The molecule has 3 rings (SSSR count). The minimum absolute atomic E-state index is 0.128. The van der Waals surface area contributed by atoms with Crippen molar-refractivity contribution in [1.29, 1.82) is 0 Å². The van der Waals surface area contributed by atoms with Crippen LogP contribution in [0.25, 0.3) is 11.0 Å². The van der Waals surface area contributed by atoms with E-state index < -0.39 is 5.60 Å². The maximum atomic E-state index is 10.5. The second-order valence-corrected chi connectivity index (χ2v) is 5.19. The lowest BCUT2D eigenvalue weighted by Gasteiger charge is -2.41. The Kier molecular flexibility index (Phi) is 2.85. The highest BCUT2D eigenvalue weighted by molar-refractivity contribution is 6.34. The lowest BCUT2D eigenvalue weighted by Crippen LogP contribution is -2.45. The van der Waals surface area contributed by atoms with Crippen molar-refractivity contribution in [3.63, 3.8) is 0 Å². The van der Waals surface area contributed by atoms with Crippen LogP contribution in [0.3, 0.4) is 0 Å². The lowest BCUT2D eigenvalue weighted by molar-refractivity contribution is -0.151. The largest absolute Gasteiger partial charge is 0.456 e. The van der Waals surface area contributed by atoms with E-state index in [4.69, 9.17) is 20.8 Å². The first-order valence-electron chi connectivity index (χ1n) is 6.15. The fraction of sp³-hybridized carbons (Fsp3) is 0.429. The molecule has 0 atom stereocenters. The van der Waals surface area contributed by atoms with E-state index in [0.29, 0.717) is 35.8 Å². The Morgan fingerprint density at radius 3 is 2.94 bits per heavy atom. The molecule has 1 aromatic heterocycles. The highest BCUT2D eigenvalue weighted by Crippen LogP contribution is 2.45. The average Bonchev–Trinajstić information content (AvgIpc) is 2.73. The molecule has 0 bridgehead atoms. The van der Waals surface area contributed by atoms with E-state index in [1.807, 2.05) is 25.1 Å². The van der Waals surface area contributed by atoms with Crippen LogP contribution in [-0.4, -0.2) is 17.8 Å². The summed E-state index contributed by atoms with van der Waals surface area (Å²) in [6.07, 6.45) is 1.29. The molecule has 1 N–H and O–H groups in total.